The van der Waals surface area contributed by atoms with Gasteiger partial charge in [0.05, 0.1) is 13.2 Å². The van der Waals surface area contributed by atoms with Gasteiger partial charge in [-0.2, -0.15) is 0 Å². The van der Waals surface area contributed by atoms with E-state index in [1.807, 2.05) is 62.2 Å². The number of methoxy groups -OCH3 is 1. The van der Waals surface area contributed by atoms with E-state index in [1.54, 1.807) is 14.0 Å². The van der Waals surface area contributed by atoms with Gasteiger partial charge in [0, 0.05) is 23.9 Å². The predicted molar refractivity (Wildman–Crippen MR) is 118 cm³/mol. The number of allylic oxidation sites excluding steroid dienone is 1. The van der Waals surface area contributed by atoms with Gasteiger partial charge in [0.25, 0.3) is 0 Å². The summed E-state index contributed by atoms with van der Waals surface area (Å²) in [6.45, 7) is 5.92. The summed E-state index contributed by atoms with van der Waals surface area (Å²) >= 11 is 5.48. The molecule has 1 N–H and O–H groups in total. The second-order valence-electron chi connectivity index (χ2n) is 7.15. The maximum atomic E-state index is 12.5. The summed E-state index contributed by atoms with van der Waals surface area (Å²) in [6, 6.07) is 13.5. The van der Waals surface area contributed by atoms with E-state index in [1.165, 1.54) is 5.56 Å². The smallest absolute Gasteiger partial charge is 0.173 e. The molecule has 0 saturated heterocycles. The maximum absolute atomic E-state index is 12.5. The van der Waals surface area contributed by atoms with Gasteiger partial charge in [0.2, 0.25) is 0 Å². The lowest BCUT2D eigenvalue weighted by Crippen LogP contribution is -2.45. The zero-order chi connectivity index (χ0) is 21.1. The van der Waals surface area contributed by atoms with Crippen LogP contribution in [0.25, 0.3) is 0 Å². The third-order valence-electron chi connectivity index (χ3n) is 5.14. The predicted octanol–water partition coefficient (Wildman–Crippen LogP) is 4.31. The molecule has 5 nitrogen and oxygen atoms in total. The zero-order valence-corrected chi connectivity index (χ0v) is 18.2. The van der Waals surface area contributed by atoms with Crippen LogP contribution in [-0.4, -0.2) is 30.0 Å². The summed E-state index contributed by atoms with van der Waals surface area (Å²) in [7, 11) is 3.46. The fourth-order valence-corrected chi connectivity index (χ4v) is 3.81. The number of nitrogens with one attached hydrogen (secondary N) is 1. The van der Waals surface area contributed by atoms with E-state index >= 15 is 0 Å². The summed E-state index contributed by atoms with van der Waals surface area (Å²) in [5, 5.41) is 3.85. The van der Waals surface area contributed by atoms with Crippen LogP contribution in [0.3, 0.4) is 0 Å². The average molecular weight is 411 g/mol. The van der Waals surface area contributed by atoms with Crippen LogP contribution in [0.5, 0.6) is 11.5 Å². The number of aryl methyl sites for hydroxylation is 1. The van der Waals surface area contributed by atoms with Crippen LogP contribution in [0.1, 0.15) is 36.6 Å². The van der Waals surface area contributed by atoms with Gasteiger partial charge >= 0.3 is 0 Å². The highest BCUT2D eigenvalue weighted by molar-refractivity contribution is 7.80. The highest BCUT2D eigenvalue weighted by Crippen LogP contribution is 2.40. The summed E-state index contributed by atoms with van der Waals surface area (Å²) in [5.41, 5.74) is 4.55. The van der Waals surface area contributed by atoms with Gasteiger partial charge in [0.1, 0.15) is 6.61 Å². The van der Waals surface area contributed by atoms with Gasteiger partial charge in [-0.3, -0.25) is 4.79 Å². The lowest BCUT2D eigenvalue weighted by atomic mass is 9.92. The molecule has 1 aliphatic heterocycles. The van der Waals surface area contributed by atoms with Crippen molar-refractivity contribution >= 4 is 23.1 Å². The first-order valence-electron chi connectivity index (χ1n) is 9.44. The molecule has 0 saturated carbocycles. The fourth-order valence-electron chi connectivity index (χ4n) is 3.56. The second kappa shape index (κ2) is 8.66. The first-order chi connectivity index (χ1) is 13.8. The topological polar surface area (TPSA) is 50.8 Å². The van der Waals surface area contributed by atoms with Crippen LogP contribution in [0.15, 0.2) is 53.7 Å². The molecule has 0 fully saturated rings. The van der Waals surface area contributed by atoms with Crippen LogP contribution in [0.2, 0.25) is 0 Å². The molecule has 0 spiro atoms. The van der Waals surface area contributed by atoms with E-state index in [9.17, 15) is 4.79 Å². The van der Waals surface area contributed by atoms with E-state index in [4.69, 9.17) is 21.7 Å². The number of para-hydroxylation sites is 1. The molecule has 0 bridgehead atoms. The number of nitrogens with zero attached hydrogens (tertiary/aromatic N) is 1. The minimum absolute atomic E-state index is 0.0122. The Kier molecular flexibility index (Phi) is 6.23. The van der Waals surface area contributed by atoms with E-state index in [-0.39, 0.29) is 5.78 Å². The molecule has 0 amide bonds. The average Bonchev–Trinajstić information content (AvgIpc) is 2.69. The van der Waals surface area contributed by atoms with Crippen molar-refractivity contribution in [2.24, 2.45) is 0 Å². The highest BCUT2D eigenvalue weighted by atomic mass is 32.1. The Hall–Kier alpha value is -2.86. The monoisotopic (exact) mass is 410 g/mol. The van der Waals surface area contributed by atoms with E-state index < -0.39 is 6.04 Å². The molecule has 2 aromatic carbocycles. The quantitative estimate of drug-likeness (QED) is 0.717. The molecule has 0 aliphatic carbocycles. The Morgan fingerprint density at radius 2 is 1.93 bits per heavy atom. The van der Waals surface area contributed by atoms with Crippen molar-refractivity contribution in [2.45, 2.75) is 33.4 Å². The van der Waals surface area contributed by atoms with Crippen LogP contribution in [0.4, 0.5) is 0 Å². The van der Waals surface area contributed by atoms with Gasteiger partial charge in [-0.25, -0.2) is 0 Å². The summed E-state index contributed by atoms with van der Waals surface area (Å²) in [5.74, 6) is 1.21. The van der Waals surface area contributed by atoms with E-state index in [0.29, 0.717) is 28.8 Å². The van der Waals surface area contributed by atoms with Gasteiger partial charge in [-0.05, 0) is 44.6 Å². The Labute approximate surface area is 177 Å². The molecule has 1 atom stereocenters. The van der Waals surface area contributed by atoms with Crippen LogP contribution < -0.4 is 14.8 Å². The first kappa shape index (κ1) is 20.9. The largest absolute Gasteiger partial charge is 0.493 e. The second-order valence-corrected chi connectivity index (χ2v) is 7.54. The number of thiocarbonyl (C=S) groups is 1. The number of carbonyl (C=O) groups is 1. The molecule has 1 heterocycles. The summed E-state index contributed by atoms with van der Waals surface area (Å²) in [6.07, 6.45) is 0. The molecule has 6 heteroatoms. The zero-order valence-electron chi connectivity index (χ0n) is 17.4. The number of ether oxygens (including phenoxy) is 2. The third-order valence-corrected chi connectivity index (χ3v) is 5.53. The maximum Gasteiger partial charge on any atom is 0.173 e. The fraction of sp³-hybridized carbons (Fsp3) is 0.304. The number of Topliss-reactive ketones (excluding diaryl/α,β-unsaturated/α-hetero) is 1. The number of carbonyl (C=O) groups excluding carboxylic acids is 1. The van der Waals surface area contributed by atoms with Crippen molar-refractivity contribution in [1.82, 2.24) is 10.2 Å². The molecule has 2 aromatic rings. The molecular formula is C23H26N2O3S. The standard InChI is InChI=1S/C23H26N2O3S/c1-14-8-6-9-17(12-14)13-28-22-18(10-7-11-19(22)27-5)21-20(16(3)26)15(2)25(4)23(29)24-21/h6-12,21H,13H2,1-5H3,(H,24,29). The lowest BCUT2D eigenvalue weighted by Gasteiger charge is -2.36. The molecular weight excluding hydrogens is 384 g/mol. The van der Waals surface area contributed by atoms with Crippen LogP contribution >= 0.6 is 12.2 Å². The number of ketones is 1. The number of hydrogen-bond donors (Lipinski definition) is 1. The highest BCUT2D eigenvalue weighted by Gasteiger charge is 2.33. The minimum Gasteiger partial charge on any atom is -0.493 e. The molecule has 0 radical (unpaired) electrons. The third kappa shape index (κ3) is 4.27. The van der Waals surface area contributed by atoms with Crippen LogP contribution in [-0.2, 0) is 11.4 Å². The molecule has 152 valence electrons. The Morgan fingerprint density at radius 1 is 1.21 bits per heavy atom. The molecule has 3 rings (SSSR count). The Balaban J connectivity index is 2.05. The number of rotatable bonds is 6. The minimum atomic E-state index is -0.404. The summed E-state index contributed by atoms with van der Waals surface area (Å²) in [4.78, 5) is 14.3. The van der Waals surface area contributed by atoms with Crippen LogP contribution in [0, 0.1) is 6.92 Å². The summed E-state index contributed by atoms with van der Waals surface area (Å²) < 4.78 is 11.8. The van der Waals surface area contributed by atoms with Crippen molar-refractivity contribution in [1.29, 1.82) is 0 Å². The lowest BCUT2D eigenvalue weighted by molar-refractivity contribution is -0.114. The van der Waals surface area contributed by atoms with Crippen molar-refractivity contribution in [3.05, 3.63) is 70.4 Å². The normalized spacial score (nSPS) is 16.5. The van der Waals surface area contributed by atoms with Crippen molar-refractivity contribution in [3.8, 4) is 11.5 Å². The Morgan fingerprint density at radius 3 is 2.59 bits per heavy atom. The van der Waals surface area contributed by atoms with Gasteiger partial charge in [-0.1, -0.05) is 42.0 Å². The van der Waals surface area contributed by atoms with Gasteiger partial charge < -0.3 is 19.7 Å². The van der Waals surface area contributed by atoms with Gasteiger partial charge in [0.15, 0.2) is 22.4 Å². The van der Waals surface area contributed by atoms with E-state index in [0.717, 1.165) is 16.8 Å². The first-order valence-corrected chi connectivity index (χ1v) is 9.85. The van der Waals surface area contributed by atoms with Crippen molar-refractivity contribution in [3.63, 3.8) is 0 Å². The SMILES string of the molecule is COc1cccc(C2NC(=S)N(C)C(C)=C2C(C)=O)c1OCc1cccc(C)c1. The number of benzene rings is 2. The van der Waals surface area contributed by atoms with Crippen molar-refractivity contribution in [2.75, 3.05) is 14.2 Å². The Bertz CT molecular complexity index is 984. The van der Waals surface area contributed by atoms with Gasteiger partial charge in [-0.15, -0.1) is 0 Å². The molecule has 1 unspecified atom stereocenters. The molecule has 29 heavy (non-hydrogen) atoms. The molecule has 0 aromatic heterocycles. The van der Waals surface area contributed by atoms with Crippen molar-refractivity contribution < 1.29 is 14.3 Å². The van der Waals surface area contributed by atoms with E-state index in [2.05, 4.69) is 11.4 Å². The molecule has 1 aliphatic rings. The number of hydrogen-bond acceptors (Lipinski definition) is 4.